The number of hydrogen-bond acceptors (Lipinski definition) is 8. The molecular weight excluding hydrogens is 533 g/mol. The predicted molar refractivity (Wildman–Crippen MR) is 152 cm³/mol. The van der Waals surface area contributed by atoms with Crippen LogP contribution in [0, 0.1) is 5.82 Å². The van der Waals surface area contributed by atoms with Gasteiger partial charge < -0.3 is 14.8 Å². The van der Waals surface area contributed by atoms with Crippen LogP contribution in [0.25, 0.3) is 11.3 Å². The predicted octanol–water partition coefficient (Wildman–Crippen LogP) is 4.93. The Balaban J connectivity index is 1.15. The Hall–Kier alpha value is -4.06. The van der Waals surface area contributed by atoms with Gasteiger partial charge in [0.15, 0.2) is 0 Å². The highest BCUT2D eigenvalue weighted by atomic mass is 32.2. The lowest BCUT2D eigenvalue weighted by Gasteiger charge is -2.26. The number of sulfonamides is 1. The molecule has 1 aliphatic heterocycles. The van der Waals surface area contributed by atoms with E-state index in [2.05, 4.69) is 24.9 Å². The van der Waals surface area contributed by atoms with Gasteiger partial charge in [0.1, 0.15) is 28.6 Å². The van der Waals surface area contributed by atoms with Crippen molar-refractivity contribution in [2.24, 2.45) is 0 Å². The Kier molecular flexibility index (Phi) is 8.84. The Bertz CT molecular complexity index is 1510. The number of halogens is 1. The van der Waals surface area contributed by atoms with E-state index < -0.39 is 20.7 Å². The topological polar surface area (TPSA) is 106 Å². The van der Waals surface area contributed by atoms with E-state index in [4.69, 9.17) is 9.47 Å². The smallest absolute Gasteiger partial charge is 0.264 e. The number of morpholine rings is 1. The zero-order valence-electron chi connectivity index (χ0n) is 21.8. The lowest BCUT2D eigenvalue weighted by Crippen LogP contribution is -2.37. The molecule has 208 valence electrons. The van der Waals surface area contributed by atoms with Gasteiger partial charge in [0, 0.05) is 42.6 Å². The maximum absolute atomic E-state index is 13.9. The third-order valence-electron chi connectivity index (χ3n) is 6.34. The van der Waals surface area contributed by atoms with Crippen LogP contribution in [0.3, 0.4) is 0 Å². The lowest BCUT2D eigenvalue weighted by atomic mass is 10.1. The maximum atomic E-state index is 13.9. The van der Waals surface area contributed by atoms with Crippen LogP contribution in [-0.2, 0) is 14.8 Å². The minimum atomic E-state index is -4.05. The summed E-state index contributed by atoms with van der Waals surface area (Å²) >= 11 is 0. The molecule has 5 rings (SSSR count). The molecule has 40 heavy (non-hydrogen) atoms. The molecule has 3 aromatic carbocycles. The minimum absolute atomic E-state index is 0.306. The maximum Gasteiger partial charge on any atom is 0.264 e. The fourth-order valence-electron chi connectivity index (χ4n) is 4.25. The first-order valence-electron chi connectivity index (χ1n) is 13.0. The highest BCUT2D eigenvalue weighted by Crippen LogP contribution is 2.25. The average Bonchev–Trinajstić information content (AvgIpc) is 2.97. The molecule has 0 radical (unpaired) electrons. The number of anilines is 3. The highest BCUT2D eigenvalue weighted by Gasteiger charge is 2.18. The van der Waals surface area contributed by atoms with Crippen molar-refractivity contribution in [3.8, 4) is 17.0 Å². The summed E-state index contributed by atoms with van der Waals surface area (Å²) < 4.78 is 52.6. The Morgan fingerprint density at radius 3 is 2.40 bits per heavy atom. The number of aromatic nitrogens is 2. The summed E-state index contributed by atoms with van der Waals surface area (Å²) in [4.78, 5) is 10.7. The van der Waals surface area contributed by atoms with Crippen LogP contribution in [0.1, 0.15) is 6.42 Å². The molecule has 0 atom stereocenters. The molecule has 0 amide bonds. The van der Waals surface area contributed by atoms with Gasteiger partial charge in [0.25, 0.3) is 10.0 Å². The summed E-state index contributed by atoms with van der Waals surface area (Å²) in [6.45, 7) is 5.23. The van der Waals surface area contributed by atoms with Gasteiger partial charge in [0.2, 0.25) is 0 Å². The molecule has 0 saturated carbocycles. The zero-order valence-corrected chi connectivity index (χ0v) is 22.6. The van der Waals surface area contributed by atoms with Crippen molar-refractivity contribution in [3.63, 3.8) is 0 Å². The minimum Gasteiger partial charge on any atom is -0.494 e. The van der Waals surface area contributed by atoms with Gasteiger partial charge in [-0.3, -0.25) is 9.62 Å². The highest BCUT2D eigenvalue weighted by molar-refractivity contribution is 7.92. The van der Waals surface area contributed by atoms with Crippen LogP contribution in [0.15, 0.2) is 90.1 Å². The standard InChI is InChI=1S/C29H30FN5O4S/c30-26-4-1-2-5-28(26)40(36,37)34-24-10-8-23(9-11-24)33-29-20-27(31-21-32-29)22-6-12-25(13-7-22)39-17-3-14-35-15-18-38-19-16-35/h1-2,4-13,20-21,34H,3,14-19H2,(H,31,32,33). The summed E-state index contributed by atoms with van der Waals surface area (Å²) in [6, 6.07) is 21.4. The SMILES string of the molecule is O=S(=O)(Nc1ccc(Nc2cc(-c3ccc(OCCCN4CCOCC4)cc3)ncn2)cc1)c1ccccc1F. The fourth-order valence-corrected chi connectivity index (χ4v) is 5.39. The van der Waals surface area contributed by atoms with E-state index in [-0.39, 0.29) is 0 Å². The summed E-state index contributed by atoms with van der Waals surface area (Å²) in [5, 5.41) is 3.19. The first-order valence-corrected chi connectivity index (χ1v) is 14.4. The molecule has 2 heterocycles. The van der Waals surface area contributed by atoms with E-state index >= 15 is 0 Å². The largest absolute Gasteiger partial charge is 0.494 e. The molecule has 1 aromatic heterocycles. The number of hydrogen-bond donors (Lipinski definition) is 2. The molecule has 0 aliphatic carbocycles. The number of benzene rings is 3. The van der Waals surface area contributed by atoms with Crippen LogP contribution in [-0.4, -0.2) is 62.7 Å². The van der Waals surface area contributed by atoms with Crippen molar-refractivity contribution < 1.29 is 22.3 Å². The normalized spacial score (nSPS) is 14.0. The second-order valence-electron chi connectivity index (χ2n) is 9.21. The van der Waals surface area contributed by atoms with Crippen LogP contribution in [0.4, 0.5) is 21.6 Å². The molecule has 0 spiro atoms. The third kappa shape index (κ3) is 7.32. The summed E-state index contributed by atoms with van der Waals surface area (Å²) in [5.41, 5.74) is 2.66. The van der Waals surface area contributed by atoms with Gasteiger partial charge in [0.05, 0.1) is 25.5 Å². The summed E-state index contributed by atoms with van der Waals surface area (Å²) in [6.07, 6.45) is 2.44. The van der Waals surface area contributed by atoms with E-state index in [1.165, 1.54) is 24.5 Å². The van der Waals surface area contributed by atoms with E-state index in [1.54, 1.807) is 24.3 Å². The van der Waals surface area contributed by atoms with Crippen molar-refractivity contribution >= 4 is 27.2 Å². The van der Waals surface area contributed by atoms with Crippen molar-refractivity contribution in [2.45, 2.75) is 11.3 Å². The summed E-state index contributed by atoms with van der Waals surface area (Å²) in [7, 11) is -4.05. The Morgan fingerprint density at radius 2 is 1.65 bits per heavy atom. The molecular formula is C29H30FN5O4S. The molecule has 11 heteroatoms. The average molecular weight is 564 g/mol. The first-order chi connectivity index (χ1) is 19.5. The van der Waals surface area contributed by atoms with E-state index in [0.29, 0.717) is 23.8 Å². The van der Waals surface area contributed by atoms with Gasteiger partial charge in [-0.2, -0.15) is 0 Å². The first kappa shape index (κ1) is 27.5. The lowest BCUT2D eigenvalue weighted by molar-refractivity contribution is 0.0358. The molecule has 0 unspecified atom stereocenters. The quantitative estimate of drug-likeness (QED) is 0.248. The van der Waals surface area contributed by atoms with E-state index in [1.807, 2.05) is 30.3 Å². The molecule has 2 N–H and O–H groups in total. The third-order valence-corrected chi connectivity index (χ3v) is 7.76. The number of nitrogens with one attached hydrogen (secondary N) is 2. The van der Waals surface area contributed by atoms with Crippen LogP contribution >= 0.6 is 0 Å². The Labute approximate surface area is 233 Å². The van der Waals surface area contributed by atoms with E-state index in [0.717, 1.165) is 62.3 Å². The zero-order chi connectivity index (χ0) is 27.8. The van der Waals surface area contributed by atoms with Crippen molar-refractivity contribution in [1.82, 2.24) is 14.9 Å². The number of ether oxygens (including phenoxy) is 2. The van der Waals surface area contributed by atoms with Gasteiger partial charge in [-0.15, -0.1) is 0 Å². The van der Waals surface area contributed by atoms with Gasteiger partial charge >= 0.3 is 0 Å². The number of nitrogens with zero attached hydrogens (tertiary/aromatic N) is 3. The van der Waals surface area contributed by atoms with Crippen molar-refractivity contribution in [2.75, 3.05) is 49.5 Å². The number of rotatable bonds is 11. The van der Waals surface area contributed by atoms with Gasteiger partial charge in [-0.25, -0.2) is 22.8 Å². The molecule has 1 saturated heterocycles. The second-order valence-corrected chi connectivity index (χ2v) is 10.9. The van der Waals surface area contributed by atoms with Crippen LogP contribution in [0.5, 0.6) is 5.75 Å². The Morgan fingerprint density at radius 1 is 0.925 bits per heavy atom. The second kappa shape index (κ2) is 12.9. The van der Waals surface area contributed by atoms with E-state index in [9.17, 15) is 12.8 Å². The van der Waals surface area contributed by atoms with Gasteiger partial charge in [-0.05, 0) is 67.1 Å². The molecule has 4 aromatic rings. The monoisotopic (exact) mass is 563 g/mol. The molecule has 0 bridgehead atoms. The summed E-state index contributed by atoms with van der Waals surface area (Å²) in [5.74, 6) is 0.575. The molecule has 9 nitrogen and oxygen atoms in total. The van der Waals surface area contributed by atoms with Crippen LogP contribution < -0.4 is 14.8 Å². The van der Waals surface area contributed by atoms with Gasteiger partial charge in [-0.1, -0.05) is 12.1 Å². The molecule has 1 fully saturated rings. The van der Waals surface area contributed by atoms with Crippen molar-refractivity contribution in [1.29, 1.82) is 0 Å². The van der Waals surface area contributed by atoms with Crippen LogP contribution in [0.2, 0.25) is 0 Å². The molecule has 1 aliphatic rings. The fraction of sp³-hybridized carbons (Fsp3) is 0.241. The van der Waals surface area contributed by atoms with Crippen molar-refractivity contribution in [3.05, 3.63) is 91.0 Å².